The number of hydrogen-bond acceptors (Lipinski definition) is 5. The summed E-state index contributed by atoms with van der Waals surface area (Å²) in [6.07, 6.45) is 2.77. The maximum atomic E-state index is 6.15. The minimum atomic E-state index is 0.255. The Labute approximate surface area is 181 Å². The lowest BCUT2D eigenvalue weighted by Gasteiger charge is -2.36. The van der Waals surface area contributed by atoms with Crippen molar-refractivity contribution in [3.05, 3.63) is 35.9 Å². The summed E-state index contributed by atoms with van der Waals surface area (Å²) in [5.74, 6) is 1.01. The van der Waals surface area contributed by atoms with Gasteiger partial charge in [-0.1, -0.05) is 30.3 Å². The number of benzene rings is 1. The van der Waals surface area contributed by atoms with Crippen LogP contribution in [0, 0.1) is 0 Å². The van der Waals surface area contributed by atoms with Crippen LogP contribution in [0.4, 0.5) is 0 Å². The molecule has 1 aromatic rings. The van der Waals surface area contributed by atoms with Crippen LogP contribution in [0.2, 0.25) is 0 Å². The van der Waals surface area contributed by atoms with Gasteiger partial charge < -0.3 is 19.7 Å². The molecule has 3 fully saturated rings. The zero-order valence-electron chi connectivity index (χ0n) is 18.5. The maximum absolute atomic E-state index is 6.15. The number of hydrogen-bond donors (Lipinski definition) is 1. The molecule has 0 aromatic heterocycles. The van der Waals surface area contributed by atoms with E-state index in [2.05, 4.69) is 55.3 Å². The number of morpholine rings is 1. The van der Waals surface area contributed by atoms with Crippen LogP contribution in [0.15, 0.2) is 35.3 Å². The van der Waals surface area contributed by atoms with Gasteiger partial charge in [-0.15, -0.1) is 0 Å². The van der Waals surface area contributed by atoms with E-state index >= 15 is 0 Å². The number of methoxy groups -OCH3 is 1. The van der Waals surface area contributed by atoms with E-state index in [0.717, 1.165) is 58.4 Å². The highest BCUT2D eigenvalue weighted by molar-refractivity contribution is 5.80. The van der Waals surface area contributed by atoms with Gasteiger partial charge in [-0.2, -0.15) is 0 Å². The largest absolute Gasteiger partial charge is 0.383 e. The fourth-order valence-electron chi connectivity index (χ4n) is 5.12. The monoisotopic (exact) mass is 415 g/mol. The van der Waals surface area contributed by atoms with Crippen LogP contribution in [-0.2, 0) is 16.0 Å². The molecule has 0 aliphatic carbocycles. The van der Waals surface area contributed by atoms with Crippen LogP contribution in [-0.4, -0.2) is 105 Å². The zero-order valence-corrected chi connectivity index (χ0v) is 18.5. The van der Waals surface area contributed by atoms with E-state index in [1.807, 2.05) is 7.05 Å². The van der Waals surface area contributed by atoms with Crippen molar-refractivity contribution in [2.24, 2.45) is 4.99 Å². The molecule has 7 nitrogen and oxygen atoms in total. The Kier molecular flexibility index (Phi) is 7.60. The van der Waals surface area contributed by atoms with E-state index < -0.39 is 0 Å². The molecular weight excluding hydrogens is 378 g/mol. The summed E-state index contributed by atoms with van der Waals surface area (Å²) in [5, 5.41) is 3.65. The fraction of sp³-hybridized carbons (Fsp3) is 0.696. The minimum absolute atomic E-state index is 0.255. The molecule has 1 aromatic carbocycles. The Bertz CT molecular complexity index is 685. The van der Waals surface area contributed by atoms with Gasteiger partial charge in [-0.3, -0.25) is 14.8 Å². The van der Waals surface area contributed by atoms with Gasteiger partial charge in [0.15, 0.2) is 5.96 Å². The third kappa shape index (κ3) is 5.14. The Morgan fingerprint density at radius 1 is 1.20 bits per heavy atom. The van der Waals surface area contributed by atoms with Crippen molar-refractivity contribution in [2.45, 2.75) is 37.6 Å². The quantitative estimate of drug-likeness (QED) is 0.535. The number of likely N-dealkylation sites (tertiary alicyclic amines) is 2. The van der Waals surface area contributed by atoms with Crippen molar-refractivity contribution in [2.75, 3.05) is 66.6 Å². The first-order valence-electron chi connectivity index (χ1n) is 11.4. The Morgan fingerprint density at radius 3 is 2.87 bits per heavy atom. The molecule has 3 aliphatic heterocycles. The molecule has 166 valence electrons. The van der Waals surface area contributed by atoms with Gasteiger partial charge in [-0.05, 0) is 24.9 Å². The van der Waals surface area contributed by atoms with Gasteiger partial charge in [0.2, 0.25) is 0 Å². The third-order valence-corrected chi connectivity index (χ3v) is 6.73. The van der Waals surface area contributed by atoms with E-state index in [9.17, 15) is 0 Å². The van der Waals surface area contributed by atoms with Gasteiger partial charge in [0.1, 0.15) is 0 Å². The van der Waals surface area contributed by atoms with Gasteiger partial charge in [-0.25, -0.2) is 0 Å². The Balaban J connectivity index is 1.32. The van der Waals surface area contributed by atoms with Crippen LogP contribution < -0.4 is 5.32 Å². The zero-order chi connectivity index (χ0) is 20.8. The lowest BCUT2D eigenvalue weighted by atomic mass is 10.1. The molecule has 4 rings (SSSR count). The number of guanidine groups is 1. The molecule has 0 amide bonds. The summed E-state index contributed by atoms with van der Waals surface area (Å²) in [5.41, 5.74) is 1.37. The topological polar surface area (TPSA) is 52.6 Å². The molecule has 0 bridgehead atoms. The summed E-state index contributed by atoms with van der Waals surface area (Å²) < 4.78 is 11.4. The number of ether oxygens (including phenoxy) is 2. The SMILES string of the molecule is CN=C(NCC1CCCN1CCOC)N1CC2OCCN(Cc3ccccc3)C2C1. The molecule has 0 radical (unpaired) electrons. The molecule has 7 heteroatoms. The Morgan fingerprint density at radius 2 is 2.07 bits per heavy atom. The number of rotatable bonds is 7. The second-order valence-electron chi connectivity index (χ2n) is 8.59. The smallest absolute Gasteiger partial charge is 0.193 e. The number of nitrogens with one attached hydrogen (secondary N) is 1. The molecule has 3 atom stereocenters. The molecule has 3 aliphatic rings. The normalized spacial score (nSPS) is 28.1. The van der Waals surface area contributed by atoms with Crippen molar-refractivity contribution in [1.82, 2.24) is 20.0 Å². The van der Waals surface area contributed by atoms with Crippen molar-refractivity contribution >= 4 is 5.96 Å². The van der Waals surface area contributed by atoms with E-state index in [0.29, 0.717) is 12.1 Å². The van der Waals surface area contributed by atoms with Crippen molar-refractivity contribution < 1.29 is 9.47 Å². The standard InChI is InChI=1S/C23H37N5O2/c1-24-23(25-15-20-9-6-10-26(20)11-13-29-2)28-17-21-22(18-28)30-14-12-27(21)16-19-7-4-3-5-8-19/h3-5,7-8,20-22H,6,9-18H2,1-2H3,(H,24,25). The van der Waals surface area contributed by atoms with Crippen LogP contribution in [0.25, 0.3) is 0 Å². The second-order valence-corrected chi connectivity index (χ2v) is 8.59. The molecule has 30 heavy (non-hydrogen) atoms. The van der Waals surface area contributed by atoms with E-state index in [-0.39, 0.29) is 6.10 Å². The van der Waals surface area contributed by atoms with Crippen LogP contribution in [0.5, 0.6) is 0 Å². The molecule has 1 N–H and O–H groups in total. The molecule has 0 spiro atoms. The highest BCUT2D eigenvalue weighted by Crippen LogP contribution is 2.25. The first-order valence-corrected chi connectivity index (χ1v) is 11.4. The van der Waals surface area contributed by atoms with Crippen LogP contribution in [0.3, 0.4) is 0 Å². The average Bonchev–Trinajstić information content (AvgIpc) is 3.41. The summed E-state index contributed by atoms with van der Waals surface area (Å²) >= 11 is 0. The predicted octanol–water partition coefficient (Wildman–Crippen LogP) is 1.26. The second kappa shape index (κ2) is 10.6. The van der Waals surface area contributed by atoms with Gasteiger partial charge >= 0.3 is 0 Å². The predicted molar refractivity (Wildman–Crippen MR) is 120 cm³/mol. The van der Waals surface area contributed by atoms with Crippen molar-refractivity contribution in [3.63, 3.8) is 0 Å². The van der Waals surface area contributed by atoms with Gasteiger partial charge in [0.05, 0.1) is 25.4 Å². The summed E-state index contributed by atoms with van der Waals surface area (Å²) in [7, 11) is 3.67. The maximum Gasteiger partial charge on any atom is 0.193 e. The first kappa shape index (κ1) is 21.6. The highest BCUT2D eigenvalue weighted by atomic mass is 16.5. The van der Waals surface area contributed by atoms with Gasteiger partial charge in [0, 0.05) is 59.5 Å². The first-order chi connectivity index (χ1) is 14.8. The number of fused-ring (bicyclic) bond motifs is 1. The van der Waals surface area contributed by atoms with Crippen molar-refractivity contribution in [3.8, 4) is 0 Å². The summed E-state index contributed by atoms with van der Waals surface area (Å²) in [6, 6.07) is 11.7. The van der Waals surface area contributed by atoms with Gasteiger partial charge in [0.25, 0.3) is 0 Å². The molecular formula is C23H37N5O2. The van der Waals surface area contributed by atoms with E-state index in [4.69, 9.17) is 9.47 Å². The third-order valence-electron chi connectivity index (χ3n) is 6.73. The molecule has 3 saturated heterocycles. The number of nitrogens with zero attached hydrogens (tertiary/aromatic N) is 4. The lowest BCUT2D eigenvalue weighted by molar-refractivity contribution is -0.0502. The van der Waals surface area contributed by atoms with Crippen molar-refractivity contribution in [1.29, 1.82) is 0 Å². The molecule has 3 heterocycles. The van der Waals surface area contributed by atoms with E-state index in [1.165, 1.54) is 24.9 Å². The van der Waals surface area contributed by atoms with Crippen LogP contribution >= 0.6 is 0 Å². The van der Waals surface area contributed by atoms with Crippen LogP contribution in [0.1, 0.15) is 18.4 Å². The minimum Gasteiger partial charge on any atom is -0.383 e. The summed E-state index contributed by atoms with van der Waals surface area (Å²) in [4.78, 5) is 12.1. The number of aliphatic imine (C=N–C) groups is 1. The molecule has 0 saturated carbocycles. The molecule has 3 unspecified atom stereocenters. The average molecular weight is 416 g/mol. The van der Waals surface area contributed by atoms with E-state index in [1.54, 1.807) is 7.11 Å². The lowest BCUT2D eigenvalue weighted by Crippen LogP contribution is -2.50. The summed E-state index contributed by atoms with van der Waals surface area (Å²) in [6.45, 7) is 8.59. The highest BCUT2D eigenvalue weighted by Gasteiger charge is 2.41. The Hall–Kier alpha value is -1.67. The fourth-order valence-corrected chi connectivity index (χ4v) is 5.12.